The Balaban J connectivity index is 2.42. The Bertz CT molecular complexity index is 377. The predicted molar refractivity (Wildman–Crippen MR) is 69.7 cm³/mol. The molecule has 0 aliphatic carbocycles. The Kier molecular flexibility index (Phi) is 6.70. The van der Waals surface area contributed by atoms with Crippen molar-refractivity contribution in [3.05, 3.63) is 0 Å². The van der Waals surface area contributed by atoms with Gasteiger partial charge in [-0.15, -0.1) is 0 Å². The summed E-state index contributed by atoms with van der Waals surface area (Å²) in [6.45, 7) is 3.37. The highest BCUT2D eigenvalue weighted by molar-refractivity contribution is 7.87. The van der Waals surface area contributed by atoms with Gasteiger partial charge in [0.25, 0.3) is 10.2 Å². The summed E-state index contributed by atoms with van der Waals surface area (Å²) in [6, 6.07) is 0. The van der Waals surface area contributed by atoms with Crippen molar-refractivity contribution < 1.29 is 22.7 Å². The third-order valence-corrected chi connectivity index (χ3v) is 4.62. The molecule has 0 radical (unpaired) electrons. The number of piperidine rings is 1. The summed E-state index contributed by atoms with van der Waals surface area (Å²) < 4.78 is 37.4. The van der Waals surface area contributed by atoms with E-state index in [1.807, 2.05) is 0 Å². The lowest BCUT2D eigenvalue weighted by Gasteiger charge is -2.29. The molecular weight excluding hydrogens is 272 g/mol. The molecule has 0 aromatic carbocycles. The molecule has 0 amide bonds. The third kappa shape index (κ3) is 5.06. The molecule has 1 N–H and O–H groups in total. The van der Waals surface area contributed by atoms with E-state index in [0.29, 0.717) is 39.1 Å². The van der Waals surface area contributed by atoms with Crippen LogP contribution < -0.4 is 4.72 Å². The van der Waals surface area contributed by atoms with Crippen molar-refractivity contribution in [2.75, 3.05) is 40.0 Å². The van der Waals surface area contributed by atoms with E-state index in [2.05, 4.69) is 4.72 Å². The van der Waals surface area contributed by atoms with Crippen LogP contribution in [0.1, 0.15) is 19.8 Å². The number of esters is 1. The fourth-order valence-corrected chi connectivity index (χ4v) is 3.17. The fourth-order valence-electron chi connectivity index (χ4n) is 1.96. The number of nitrogens with zero attached hydrogens (tertiary/aromatic N) is 1. The van der Waals surface area contributed by atoms with Gasteiger partial charge in [0.15, 0.2) is 0 Å². The van der Waals surface area contributed by atoms with Crippen LogP contribution in [0.4, 0.5) is 0 Å². The van der Waals surface area contributed by atoms with Gasteiger partial charge in [0.1, 0.15) is 0 Å². The van der Waals surface area contributed by atoms with Crippen LogP contribution in [0.3, 0.4) is 0 Å². The lowest BCUT2D eigenvalue weighted by molar-refractivity contribution is -0.149. The molecule has 0 aromatic rings. The summed E-state index contributed by atoms with van der Waals surface area (Å²) in [5.41, 5.74) is 0. The van der Waals surface area contributed by atoms with Crippen molar-refractivity contribution in [2.24, 2.45) is 5.92 Å². The van der Waals surface area contributed by atoms with Gasteiger partial charge in [0.05, 0.1) is 19.1 Å². The van der Waals surface area contributed by atoms with E-state index in [9.17, 15) is 13.2 Å². The van der Waals surface area contributed by atoms with Gasteiger partial charge >= 0.3 is 5.97 Å². The highest BCUT2D eigenvalue weighted by atomic mass is 32.2. The third-order valence-electron chi connectivity index (χ3n) is 3.00. The first kappa shape index (κ1) is 16.4. The molecule has 19 heavy (non-hydrogen) atoms. The maximum atomic E-state index is 11.9. The smallest absolute Gasteiger partial charge is 0.309 e. The SMILES string of the molecule is CCOC(=O)C1CCN(S(=O)(=O)NCCOC)CC1. The van der Waals surface area contributed by atoms with Crippen molar-refractivity contribution in [3.63, 3.8) is 0 Å². The summed E-state index contributed by atoms with van der Waals surface area (Å²) in [7, 11) is -1.95. The lowest BCUT2D eigenvalue weighted by atomic mass is 9.98. The van der Waals surface area contributed by atoms with Gasteiger partial charge in [-0.2, -0.15) is 17.4 Å². The number of nitrogens with one attached hydrogen (secondary N) is 1. The maximum Gasteiger partial charge on any atom is 0.309 e. The number of ether oxygens (including phenoxy) is 2. The lowest BCUT2D eigenvalue weighted by Crippen LogP contribution is -2.46. The number of rotatable bonds is 7. The molecule has 0 spiro atoms. The standard InChI is InChI=1S/C11H22N2O5S/c1-3-18-11(14)10-4-7-13(8-5-10)19(15,16)12-6-9-17-2/h10,12H,3-9H2,1-2H3. The molecule has 112 valence electrons. The second-order valence-corrected chi connectivity index (χ2v) is 6.07. The van der Waals surface area contributed by atoms with Crippen molar-refractivity contribution in [1.29, 1.82) is 0 Å². The number of hydrogen-bond acceptors (Lipinski definition) is 5. The zero-order valence-corrected chi connectivity index (χ0v) is 12.2. The molecule has 0 bridgehead atoms. The van der Waals surface area contributed by atoms with Crippen LogP contribution in [0.15, 0.2) is 0 Å². The molecule has 1 aliphatic heterocycles. The molecule has 0 aromatic heterocycles. The Morgan fingerprint density at radius 2 is 2.00 bits per heavy atom. The highest BCUT2D eigenvalue weighted by Crippen LogP contribution is 2.20. The molecule has 1 fully saturated rings. The summed E-state index contributed by atoms with van der Waals surface area (Å²) in [6.07, 6.45) is 1.01. The Morgan fingerprint density at radius 3 is 2.53 bits per heavy atom. The largest absolute Gasteiger partial charge is 0.466 e. The molecule has 1 saturated heterocycles. The molecule has 1 rings (SSSR count). The van der Waals surface area contributed by atoms with Crippen molar-refractivity contribution in [1.82, 2.24) is 9.03 Å². The quantitative estimate of drug-likeness (QED) is 0.516. The monoisotopic (exact) mass is 294 g/mol. The Morgan fingerprint density at radius 1 is 1.37 bits per heavy atom. The van der Waals surface area contributed by atoms with Gasteiger partial charge in [0, 0.05) is 26.7 Å². The van der Waals surface area contributed by atoms with Gasteiger partial charge in [-0.3, -0.25) is 4.79 Å². The second-order valence-electron chi connectivity index (χ2n) is 4.32. The minimum atomic E-state index is -3.47. The van der Waals surface area contributed by atoms with Crippen LogP contribution >= 0.6 is 0 Å². The van der Waals surface area contributed by atoms with E-state index in [-0.39, 0.29) is 18.4 Å². The van der Waals surface area contributed by atoms with Crippen molar-refractivity contribution in [3.8, 4) is 0 Å². The highest BCUT2D eigenvalue weighted by Gasteiger charge is 2.31. The maximum absolute atomic E-state index is 11.9. The fraction of sp³-hybridized carbons (Fsp3) is 0.909. The summed E-state index contributed by atoms with van der Waals surface area (Å²) >= 11 is 0. The number of carbonyl (C=O) groups is 1. The number of carbonyl (C=O) groups excluding carboxylic acids is 1. The van der Waals surface area contributed by atoms with E-state index in [1.54, 1.807) is 6.92 Å². The summed E-state index contributed by atoms with van der Waals surface area (Å²) in [5.74, 6) is -0.419. The average Bonchev–Trinajstić information content (AvgIpc) is 2.39. The molecule has 0 saturated carbocycles. The van der Waals surface area contributed by atoms with E-state index < -0.39 is 10.2 Å². The van der Waals surface area contributed by atoms with E-state index in [1.165, 1.54) is 11.4 Å². The molecule has 8 heteroatoms. The molecule has 0 unspecified atom stereocenters. The zero-order valence-electron chi connectivity index (χ0n) is 11.4. The summed E-state index contributed by atoms with van der Waals surface area (Å²) in [5, 5.41) is 0. The Labute approximate surface area is 114 Å². The minimum Gasteiger partial charge on any atom is -0.466 e. The first-order chi connectivity index (χ1) is 9.01. The van der Waals surface area contributed by atoms with Gasteiger partial charge < -0.3 is 9.47 Å². The van der Waals surface area contributed by atoms with Crippen LogP contribution in [0.5, 0.6) is 0 Å². The predicted octanol–water partition coefficient (Wildman–Crippen LogP) is -0.258. The van der Waals surface area contributed by atoms with Crippen LogP contribution in [-0.2, 0) is 24.5 Å². The van der Waals surface area contributed by atoms with Crippen LogP contribution in [-0.4, -0.2) is 58.7 Å². The van der Waals surface area contributed by atoms with Crippen molar-refractivity contribution >= 4 is 16.2 Å². The first-order valence-electron chi connectivity index (χ1n) is 6.41. The van der Waals surface area contributed by atoms with Gasteiger partial charge in [-0.1, -0.05) is 0 Å². The molecule has 7 nitrogen and oxygen atoms in total. The van der Waals surface area contributed by atoms with Crippen LogP contribution in [0, 0.1) is 5.92 Å². The normalized spacial score (nSPS) is 18.4. The average molecular weight is 294 g/mol. The molecular formula is C11H22N2O5S. The number of hydrogen-bond donors (Lipinski definition) is 1. The van der Waals surface area contributed by atoms with E-state index in [0.717, 1.165) is 0 Å². The van der Waals surface area contributed by atoms with Gasteiger partial charge in [0.2, 0.25) is 0 Å². The molecule has 1 heterocycles. The minimum absolute atomic E-state index is 0.189. The zero-order chi connectivity index (χ0) is 14.3. The molecule has 0 atom stereocenters. The van der Waals surface area contributed by atoms with E-state index in [4.69, 9.17) is 9.47 Å². The topological polar surface area (TPSA) is 84.9 Å². The summed E-state index contributed by atoms with van der Waals surface area (Å²) in [4.78, 5) is 11.5. The first-order valence-corrected chi connectivity index (χ1v) is 7.85. The van der Waals surface area contributed by atoms with Gasteiger partial charge in [-0.05, 0) is 19.8 Å². The second kappa shape index (κ2) is 7.78. The van der Waals surface area contributed by atoms with Crippen LogP contribution in [0.2, 0.25) is 0 Å². The molecule has 1 aliphatic rings. The Hall–Kier alpha value is -0.700. The van der Waals surface area contributed by atoms with Crippen LogP contribution in [0.25, 0.3) is 0 Å². The van der Waals surface area contributed by atoms with Crippen molar-refractivity contribution in [2.45, 2.75) is 19.8 Å². The van der Waals surface area contributed by atoms with Gasteiger partial charge in [-0.25, -0.2) is 0 Å². The number of methoxy groups -OCH3 is 1. The van der Waals surface area contributed by atoms with E-state index >= 15 is 0 Å².